The highest BCUT2D eigenvalue weighted by molar-refractivity contribution is 5.84. The monoisotopic (exact) mass is 229 g/mol. The molecule has 0 unspecified atom stereocenters. The van der Waals surface area contributed by atoms with Crippen molar-refractivity contribution in [3.8, 4) is 0 Å². The minimum Gasteiger partial charge on any atom is -0.370 e. The third-order valence-electron chi connectivity index (χ3n) is 2.29. The van der Waals surface area contributed by atoms with Gasteiger partial charge in [-0.2, -0.15) is 0 Å². The predicted octanol–water partition coefficient (Wildman–Crippen LogP) is 0.130. The number of carbonyl (C=O) groups excluding carboxylic acids is 2. The van der Waals surface area contributed by atoms with E-state index >= 15 is 0 Å². The van der Waals surface area contributed by atoms with E-state index in [-0.39, 0.29) is 17.7 Å². The predicted molar refractivity (Wildman–Crippen MR) is 63.5 cm³/mol. The minimum absolute atomic E-state index is 0.0929. The molecule has 16 heavy (non-hydrogen) atoms. The van der Waals surface area contributed by atoms with Crippen LogP contribution in [0.4, 0.5) is 0 Å². The summed E-state index contributed by atoms with van der Waals surface area (Å²) in [5.41, 5.74) is 9.93. The van der Waals surface area contributed by atoms with E-state index in [0.29, 0.717) is 0 Å². The van der Waals surface area contributed by atoms with Gasteiger partial charge in [0, 0.05) is 12.0 Å². The van der Waals surface area contributed by atoms with E-state index in [0.717, 1.165) is 0 Å². The van der Waals surface area contributed by atoms with Crippen LogP contribution < -0.4 is 16.8 Å². The molecule has 0 aromatic heterocycles. The normalized spacial score (nSPS) is 14.4. The van der Waals surface area contributed by atoms with Gasteiger partial charge in [-0.05, 0) is 19.3 Å². The molecule has 0 rings (SSSR count). The number of nitrogens with one attached hydrogen (secondary N) is 1. The molecule has 0 aromatic rings. The maximum atomic E-state index is 11.8. The van der Waals surface area contributed by atoms with Crippen molar-refractivity contribution >= 4 is 11.8 Å². The molecule has 5 nitrogen and oxygen atoms in total. The molecule has 0 saturated carbocycles. The second kappa shape index (κ2) is 4.82. The number of nitrogens with two attached hydrogens (primary N) is 2. The maximum absolute atomic E-state index is 11.8. The smallest absolute Gasteiger partial charge is 0.237 e. The van der Waals surface area contributed by atoms with E-state index < -0.39 is 17.5 Å². The van der Waals surface area contributed by atoms with Crippen molar-refractivity contribution in [2.45, 2.75) is 52.6 Å². The molecule has 5 N–H and O–H groups in total. The fraction of sp³-hybridized carbons (Fsp3) is 0.818. The van der Waals surface area contributed by atoms with E-state index in [1.165, 1.54) is 0 Å². The number of rotatable bonds is 4. The van der Waals surface area contributed by atoms with Gasteiger partial charge >= 0.3 is 0 Å². The third-order valence-corrected chi connectivity index (χ3v) is 2.29. The van der Waals surface area contributed by atoms with Gasteiger partial charge in [-0.1, -0.05) is 20.8 Å². The Morgan fingerprint density at radius 3 is 1.94 bits per heavy atom. The van der Waals surface area contributed by atoms with Crippen LogP contribution in [0.1, 0.15) is 41.0 Å². The van der Waals surface area contributed by atoms with Crippen LogP contribution in [0.15, 0.2) is 0 Å². The van der Waals surface area contributed by atoms with E-state index in [1.807, 2.05) is 20.8 Å². The van der Waals surface area contributed by atoms with Crippen LogP contribution in [0.3, 0.4) is 0 Å². The number of carbonyl (C=O) groups is 2. The maximum Gasteiger partial charge on any atom is 0.237 e. The molecule has 94 valence electrons. The highest BCUT2D eigenvalue weighted by atomic mass is 16.2. The van der Waals surface area contributed by atoms with Gasteiger partial charge < -0.3 is 16.8 Å². The Labute approximate surface area is 96.9 Å². The largest absolute Gasteiger partial charge is 0.370 e. The molecule has 0 aliphatic rings. The van der Waals surface area contributed by atoms with Gasteiger partial charge in [0.2, 0.25) is 11.8 Å². The van der Waals surface area contributed by atoms with E-state index in [4.69, 9.17) is 11.5 Å². The zero-order valence-electron chi connectivity index (χ0n) is 10.8. The molecule has 0 fully saturated rings. The average molecular weight is 229 g/mol. The molecule has 5 heteroatoms. The average Bonchev–Trinajstić information content (AvgIpc) is 1.97. The lowest BCUT2D eigenvalue weighted by Crippen LogP contribution is -2.55. The van der Waals surface area contributed by atoms with Crippen molar-refractivity contribution in [3.63, 3.8) is 0 Å². The number of hydrogen-bond acceptors (Lipinski definition) is 3. The summed E-state index contributed by atoms with van der Waals surface area (Å²) >= 11 is 0. The lowest BCUT2D eigenvalue weighted by molar-refractivity contribution is -0.126. The van der Waals surface area contributed by atoms with Crippen LogP contribution in [0, 0.1) is 5.41 Å². The molecule has 0 heterocycles. The van der Waals surface area contributed by atoms with E-state index in [1.54, 1.807) is 13.8 Å². The van der Waals surface area contributed by atoms with Gasteiger partial charge in [-0.25, -0.2) is 0 Å². The van der Waals surface area contributed by atoms with Crippen molar-refractivity contribution in [2.75, 3.05) is 0 Å². The minimum atomic E-state index is -0.661. The Hall–Kier alpha value is -1.10. The lowest BCUT2D eigenvalue weighted by Gasteiger charge is -2.31. The molecule has 0 aromatic carbocycles. The first kappa shape index (κ1) is 14.9. The van der Waals surface area contributed by atoms with Gasteiger partial charge in [0.05, 0.1) is 6.04 Å². The number of amides is 2. The van der Waals surface area contributed by atoms with Crippen LogP contribution in [0.25, 0.3) is 0 Å². The van der Waals surface area contributed by atoms with Crippen molar-refractivity contribution < 1.29 is 9.59 Å². The van der Waals surface area contributed by atoms with Crippen LogP contribution in [-0.2, 0) is 9.59 Å². The zero-order chi connectivity index (χ0) is 13.1. The van der Waals surface area contributed by atoms with Gasteiger partial charge in [0.15, 0.2) is 0 Å². The summed E-state index contributed by atoms with van der Waals surface area (Å²) < 4.78 is 0. The molecule has 1 atom stereocenters. The van der Waals surface area contributed by atoms with Crippen LogP contribution in [0.2, 0.25) is 0 Å². The van der Waals surface area contributed by atoms with Gasteiger partial charge in [-0.3, -0.25) is 9.59 Å². The standard InChI is InChI=1S/C11H23N3O2/c1-10(2,3)8(13)9(16)14-11(4,5)6-7(12)15/h8H,6,13H2,1-5H3,(H2,12,15)(H,14,16)/t8-/m0/s1. The quantitative estimate of drug-likeness (QED) is 0.639. The van der Waals surface area contributed by atoms with Crippen LogP contribution in [-0.4, -0.2) is 23.4 Å². The topological polar surface area (TPSA) is 98.2 Å². The molecule has 0 aliphatic carbocycles. The Kier molecular flexibility index (Phi) is 4.49. The Bertz CT molecular complexity index is 279. The van der Waals surface area contributed by atoms with Crippen molar-refractivity contribution in [2.24, 2.45) is 16.9 Å². The molecule has 0 spiro atoms. The van der Waals surface area contributed by atoms with E-state index in [9.17, 15) is 9.59 Å². The van der Waals surface area contributed by atoms with Crippen molar-refractivity contribution in [3.05, 3.63) is 0 Å². The molecule has 0 aliphatic heterocycles. The van der Waals surface area contributed by atoms with Gasteiger partial charge in [0.25, 0.3) is 0 Å². The Morgan fingerprint density at radius 1 is 1.19 bits per heavy atom. The molecule has 0 radical (unpaired) electrons. The van der Waals surface area contributed by atoms with Crippen molar-refractivity contribution in [1.82, 2.24) is 5.32 Å². The second-order valence-corrected chi connectivity index (χ2v) is 5.86. The molecule has 0 saturated heterocycles. The van der Waals surface area contributed by atoms with E-state index in [2.05, 4.69) is 5.32 Å². The highest BCUT2D eigenvalue weighted by Gasteiger charge is 2.31. The molecule has 2 amide bonds. The summed E-state index contributed by atoms with van der Waals surface area (Å²) in [5, 5.41) is 2.73. The summed E-state index contributed by atoms with van der Waals surface area (Å²) in [6, 6.07) is -0.611. The Balaban J connectivity index is 4.50. The van der Waals surface area contributed by atoms with Crippen molar-refractivity contribution in [1.29, 1.82) is 0 Å². The lowest BCUT2D eigenvalue weighted by atomic mass is 9.86. The van der Waals surface area contributed by atoms with Crippen LogP contribution >= 0.6 is 0 Å². The third kappa shape index (κ3) is 5.11. The summed E-state index contributed by atoms with van der Waals surface area (Å²) in [6.45, 7) is 9.14. The van der Waals surface area contributed by atoms with Crippen LogP contribution in [0.5, 0.6) is 0 Å². The highest BCUT2D eigenvalue weighted by Crippen LogP contribution is 2.18. The van der Waals surface area contributed by atoms with Gasteiger partial charge in [0.1, 0.15) is 0 Å². The fourth-order valence-corrected chi connectivity index (χ4v) is 1.28. The summed E-state index contributed by atoms with van der Waals surface area (Å²) in [4.78, 5) is 22.6. The second-order valence-electron chi connectivity index (χ2n) is 5.86. The molecular formula is C11H23N3O2. The zero-order valence-corrected chi connectivity index (χ0v) is 10.8. The first-order chi connectivity index (χ1) is 6.96. The first-order valence-electron chi connectivity index (χ1n) is 5.31. The SMILES string of the molecule is CC(C)(CC(N)=O)NC(=O)[C@H](N)C(C)(C)C. The molecule has 0 bridgehead atoms. The Morgan fingerprint density at radius 2 is 1.62 bits per heavy atom. The summed E-state index contributed by atoms with van der Waals surface area (Å²) in [6.07, 6.45) is 0.0929. The summed E-state index contributed by atoms with van der Waals surface area (Å²) in [7, 11) is 0. The number of primary amides is 1. The first-order valence-corrected chi connectivity index (χ1v) is 5.31. The van der Waals surface area contributed by atoms with Gasteiger partial charge in [-0.15, -0.1) is 0 Å². The number of hydrogen-bond donors (Lipinski definition) is 3. The fourth-order valence-electron chi connectivity index (χ4n) is 1.28. The molecular weight excluding hydrogens is 206 g/mol. The summed E-state index contributed by atoms with van der Waals surface area (Å²) in [5.74, 6) is -0.714.